The molecule has 1 amide bonds. The molecule has 4 atom stereocenters. The molecule has 0 aromatic carbocycles. The predicted molar refractivity (Wildman–Crippen MR) is 79.4 cm³/mol. The van der Waals surface area contributed by atoms with Gasteiger partial charge in [0, 0.05) is 19.1 Å². The van der Waals surface area contributed by atoms with Gasteiger partial charge < -0.3 is 15.5 Å². The fourth-order valence-corrected chi connectivity index (χ4v) is 2.72. The van der Waals surface area contributed by atoms with Crippen molar-refractivity contribution < 1.29 is 15.0 Å². The second-order valence-corrected chi connectivity index (χ2v) is 6.10. The van der Waals surface area contributed by atoms with Crippen LogP contribution in [0.5, 0.6) is 0 Å². The average molecular weight is 286 g/mol. The Labute approximate surface area is 122 Å². The van der Waals surface area contributed by atoms with Crippen molar-refractivity contribution in [3.8, 4) is 0 Å². The summed E-state index contributed by atoms with van der Waals surface area (Å²) < 4.78 is 0. The summed E-state index contributed by atoms with van der Waals surface area (Å²) in [7, 11) is 0. The molecular weight excluding hydrogens is 256 g/mol. The Bertz CT molecular complexity index is 297. The Morgan fingerprint density at radius 3 is 2.70 bits per heavy atom. The number of aliphatic hydroxyl groups is 2. The molecule has 1 aliphatic rings. The first kappa shape index (κ1) is 17.4. The summed E-state index contributed by atoms with van der Waals surface area (Å²) in [6, 6.07) is 0.228. The van der Waals surface area contributed by atoms with E-state index in [9.17, 15) is 15.0 Å². The number of likely N-dealkylation sites (tertiary alicyclic amines) is 1. The van der Waals surface area contributed by atoms with Crippen LogP contribution in [0.4, 0.5) is 0 Å². The number of piperidine rings is 1. The molecule has 1 fully saturated rings. The van der Waals surface area contributed by atoms with Crippen LogP contribution in [-0.4, -0.2) is 58.9 Å². The minimum Gasteiger partial charge on any atom is -0.391 e. The molecule has 1 saturated heterocycles. The van der Waals surface area contributed by atoms with Crippen molar-refractivity contribution in [2.24, 2.45) is 5.92 Å². The third-order valence-electron chi connectivity index (χ3n) is 3.99. The zero-order valence-electron chi connectivity index (χ0n) is 13.0. The minimum absolute atomic E-state index is 0.00394. The first-order chi connectivity index (χ1) is 9.43. The van der Waals surface area contributed by atoms with Crippen LogP contribution in [0.2, 0.25) is 0 Å². The Morgan fingerprint density at radius 2 is 2.10 bits per heavy atom. The maximum Gasteiger partial charge on any atom is 0.224 e. The van der Waals surface area contributed by atoms with Crippen LogP contribution in [0.3, 0.4) is 0 Å². The zero-order valence-corrected chi connectivity index (χ0v) is 13.0. The molecule has 0 bridgehead atoms. The van der Waals surface area contributed by atoms with Gasteiger partial charge in [0.2, 0.25) is 5.91 Å². The number of amides is 1. The lowest BCUT2D eigenvalue weighted by Gasteiger charge is -2.34. The van der Waals surface area contributed by atoms with Crippen LogP contribution in [-0.2, 0) is 4.79 Å². The molecule has 20 heavy (non-hydrogen) atoms. The maximum atomic E-state index is 12.2. The number of rotatable bonds is 7. The molecular formula is C15H30N2O3. The molecule has 4 unspecified atom stereocenters. The monoisotopic (exact) mass is 286 g/mol. The highest BCUT2D eigenvalue weighted by Gasteiger charge is 2.28. The van der Waals surface area contributed by atoms with E-state index in [-0.39, 0.29) is 17.9 Å². The highest BCUT2D eigenvalue weighted by Crippen LogP contribution is 2.17. The Balaban J connectivity index is 2.41. The van der Waals surface area contributed by atoms with Gasteiger partial charge in [0.05, 0.1) is 18.1 Å². The third kappa shape index (κ3) is 5.77. The molecule has 1 aliphatic heterocycles. The van der Waals surface area contributed by atoms with E-state index >= 15 is 0 Å². The lowest BCUT2D eigenvalue weighted by Crippen LogP contribution is -2.48. The predicted octanol–water partition coefficient (Wildman–Crippen LogP) is 0.745. The number of hydrogen-bond donors (Lipinski definition) is 3. The Kier molecular flexibility index (Phi) is 7.48. The van der Waals surface area contributed by atoms with E-state index in [1.54, 1.807) is 6.92 Å². The molecule has 0 saturated carbocycles. The van der Waals surface area contributed by atoms with E-state index in [0.29, 0.717) is 13.1 Å². The van der Waals surface area contributed by atoms with Crippen molar-refractivity contribution in [3.63, 3.8) is 0 Å². The van der Waals surface area contributed by atoms with Gasteiger partial charge in [-0.3, -0.25) is 9.69 Å². The molecule has 1 heterocycles. The first-order valence-electron chi connectivity index (χ1n) is 7.82. The molecule has 3 N–H and O–H groups in total. The quantitative estimate of drug-likeness (QED) is 0.645. The molecule has 0 aromatic heterocycles. The van der Waals surface area contributed by atoms with Gasteiger partial charge in [0.15, 0.2) is 0 Å². The third-order valence-corrected chi connectivity index (χ3v) is 3.99. The Morgan fingerprint density at radius 1 is 1.40 bits per heavy atom. The van der Waals surface area contributed by atoms with Gasteiger partial charge in [-0.05, 0) is 39.7 Å². The number of nitrogens with one attached hydrogen (secondary N) is 1. The summed E-state index contributed by atoms with van der Waals surface area (Å²) in [6.45, 7) is 7.74. The average Bonchev–Trinajstić information content (AvgIpc) is 2.39. The zero-order chi connectivity index (χ0) is 15.1. The number of β-amino-alcohol motifs (C(OH)–C–C–N with tert-alkyl or cyclic N) is 1. The summed E-state index contributed by atoms with van der Waals surface area (Å²) in [5, 5.41) is 22.1. The lowest BCUT2D eigenvalue weighted by molar-refractivity contribution is -0.127. The summed E-state index contributed by atoms with van der Waals surface area (Å²) in [6.07, 6.45) is 2.48. The highest BCUT2D eigenvalue weighted by molar-refractivity contribution is 5.79. The molecule has 0 aliphatic carbocycles. The second kappa shape index (κ2) is 8.60. The summed E-state index contributed by atoms with van der Waals surface area (Å²) in [5.74, 6) is 0.131. The second-order valence-electron chi connectivity index (χ2n) is 6.10. The maximum absolute atomic E-state index is 12.2. The number of carbonyl (C=O) groups excluding carboxylic acids is 1. The van der Waals surface area contributed by atoms with Gasteiger partial charge in [0.1, 0.15) is 0 Å². The first-order valence-corrected chi connectivity index (χ1v) is 7.82. The molecule has 5 heteroatoms. The highest BCUT2D eigenvalue weighted by atomic mass is 16.3. The van der Waals surface area contributed by atoms with E-state index < -0.39 is 12.2 Å². The molecule has 5 nitrogen and oxygen atoms in total. The lowest BCUT2D eigenvalue weighted by atomic mass is 9.96. The molecule has 0 radical (unpaired) electrons. The SMILES string of the molecule is CCCC(C)NC(=O)C1CCCN(CC(O)C(C)O)C1. The number of hydrogen-bond acceptors (Lipinski definition) is 4. The van der Waals surface area contributed by atoms with Gasteiger partial charge in [-0.2, -0.15) is 0 Å². The Hall–Kier alpha value is -0.650. The fraction of sp³-hybridized carbons (Fsp3) is 0.933. The van der Waals surface area contributed by atoms with Gasteiger partial charge in [-0.1, -0.05) is 13.3 Å². The van der Waals surface area contributed by atoms with Gasteiger partial charge in [0.25, 0.3) is 0 Å². The largest absolute Gasteiger partial charge is 0.391 e. The van der Waals surface area contributed by atoms with Gasteiger partial charge >= 0.3 is 0 Å². The molecule has 0 aromatic rings. The topological polar surface area (TPSA) is 72.8 Å². The van der Waals surface area contributed by atoms with Crippen molar-refractivity contribution in [1.82, 2.24) is 10.2 Å². The van der Waals surface area contributed by atoms with E-state index in [0.717, 1.165) is 32.2 Å². The van der Waals surface area contributed by atoms with Crippen molar-refractivity contribution >= 4 is 5.91 Å². The smallest absolute Gasteiger partial charge is 0.224 e. The molecule has 0 spiro atoms. The van der Waals surface area contributed by atoms with Crippen LogP contribution in [0, 0.1) is 5.92 Å². The molecule has 1 rings (SSSR count). The van der Waals surface area contributed by atoms with E-state index in [1.807, 2.05) is 6.92 Å². The van der Waals surface area contributed by atoms with Crippen molar-refractivity contribution in [1.29, 1.82) is 0 Å². The summed E-state index contributed by atoms with van der Waals surface area (Å²) in [5.41, 5.74) is 0. The summed E-state index contributed by atoms with van der Waals surface area (Å²) >= 11 is 0. The van der Waals surface area contributed by atoms with Crippen LogP contribution in [0.25, 0.3) is 0 Å². The standard InChI is InChI=1S/C15H30N2O3/c1-4-6-11(2)16-15(20)13-7-5-8-17(9-13)10-14(19)12(3)18/h11-14,18-19H,4-10H2,1-3H3,(H,16,20). The van der Waals surface area contributed by atoms with Crippen LogP contribution < -0.4 is 5.32 Å². The van der Waals surface area contributed by atoms with Gasteiger partial charge in [-0.15, -0.1) is 0 Å². The van der Waals surface area contributed by atoms with E-state index in [2.05, 4.69) is 17.1 Å². The summed E-state index contributed by atoms with van der Waals surface area (Å²) in [4.78, 5) is 14.3. The van der Waals surface area contributed by atoms with Crippen LogP contribution in [0.15, 0.2) is 0 Å². The van der Waals surface area contributed by atoms with Crippen LogP contribution in [0.1, 0.15) is 46.5 Å². The normalized spacial score (nSPS) is 24.9. The van der Waals surface area contributed by atoms with E-state index in [4.69, 9.17) is 0 Å². The van der Waals surface area contributed by atoms with Crippen molar-refractivity contribution in [2.75, 3.05) is 19.6 Å². The number of nitrogens with zero attached hydrogens (tertiary/aromatic N) is 1. The van der Waals surface area contributed by atoms with Crippen molar-refractivity contribution in [2.45, 2.75) is 64.7 Å². The molecule has 118 valence electrons. The fourth-order valence-electron chi connectivity index (χ4n) is 2.72. The van der Waals surface area contributed by atoms with Crippen LogP contribution >= 0.6 is 0 Å². The minimum atomic E-state index is -0.740. The number of carbonyl (C=O) groups is 1. The van der Waals surface area contributed by atoms with Gasteiger partial charge in [-0.25, -0.2) is 0 Å². The van der Waals surface area contributed by atoms with E-state index in [1.165, 1.54) is 0 Å². The number of aliphatic hydroxyl groups excluding tert-OH is 2. The van der Waals surface area contributed by atoms with Crippen molar-refractivity contribution in [3.05, 3.63) is 0 Å².